The SMILES string of the molecule is C[C@]12CC[C@@H](O)C[C@@H]1C[C@@H](O)[C@@H]1[C@@H]2CC[C@]2(C)[C@@H](O)CC[C@@H]12. The molecule has 4 saturated carbocycles. The lowest BCUT2D eigenvalue weighted by Gasteiger charge is -2.62. The predicted molar refractivity (Wildman–Crippen MR) is 85.1 cm³/mol. The molecule has 0 aromatic rings. The summed E-state index contributed by atoms with van der Waals surface area (Å²) in [5.41, 5.74) is 0.317. The molecule has 0 bridgehead atoms. The quantitative estimate of drug-likeness (QED) is 0.645. The van der Waals surface area contributed by atoms with Crippen molar-refractivity contribution in [3.05, 3.63) is 0 Å². The van der Waals surface area contributed by atoms with E-state index in [4.69, 9.17) is 0 Å². The number of aliphatic hydroxyl groups is 3. The molecule has 3 nitrogen and oxygen atoms in total. The molecule has 0 aromatic heterocycles. The van der Waals surface area contributed by atoms with E-state index in [1.807, 2.05) is 0 Å². The van der Waals surface area contributed by atoms with Crippen molar-refractivity contribution in [2.75, 3.05) is 0 Å². The van der Waals surface area contributed by atoms with E-state index in [1.165, 1.54) is 0 Å². The lowest BCUT2D eigenvalue weighted by atomic mass is 9.44. The van der Waals surface area contributed by atoms with Gasteiger partial charge in [0.2, 0.25) is 0 Å². The van der Waals surface area contributed by atoms with E-state index in [2.05, 4.69) is 13.8 Å². The maximum Gasteiger partial charge on any atom is 0.0596 e. The van der Waals surface area contributed by atoms with Gasteiger partial charge in [-0.1, -0.05) is 13.8 Å². The molecule has 0 amide bonds. The summed E-state index contributed by atoms with van der Waals surface area (Å²) in [6.45, 7) is 4.69. The summed E-state index contributed by atoms with van der Waals surface area (Å²) in [6, 6.07) is 0. The molecule has 126 valence electrons. The minimum absolute atomic E-state index is 0.0273. The van der Waals surface area contributed by atoms with Gasteiger partial charge in [0.1, 0.15) is 0 Å². The van der Waals surface area contributed by atoms with Gasteiger partial charge in [0.05, 0.1) is 18.3 Å². The number of fused-ring (bicyclic) bond motifs is 5. The third-order valence-corrected chi connectivity index (χ3v) is 8.61. The highest BCUT2D eigenvalue weighted by molar-refractivity contribution is 5.11. The van der Waals surface area contributed by atoms with Gasteiger partial charge in [0, 0.05) is 0 Å². The molecule has 4 fully saturated rings. The Labute approximate surface area is 134 Å². The first kappa shape index (κ1) is 15.4. The second kappa shape index (κ2) is 4.94. The van der Waals surface area contributed by atoms with Crippen LogP contribution in [0.4, 0.5) is 0 Å². The summed E-state index contributed by atoms with van der Waals surface area (Å²) < 4.78 is 0. The topological polar surface area (TPSA) is 60.7 Å². The maximum atomic E-state index is 10.9. The van der Waals surface area contributed by atoms with E-state index in [1.54, 1.807) is 0 Å². The highest BCUT2D eigenvalue weighted by Crippen LogP contribution is 2.66. The molecule has 0 saturated heterocycles. The Kier molecular flexibility index (Phi) is 3.46. The van der Waals surface area contributed by atoms with Crippen LogP contribution < -0.4 is 0 Å². The van der Waals surface area contributed by atoms with Crippen LogP contribution in [0.1, 0.15) is 65.2 Å². The molecule has 0 unspecified atom stereocenters. The summed E-state index contributed by atoms with van der Waals surface area (Å²) in [5, 5.41) is 31.5. The van der Waals surface area contributed by atoms with E-state index in [9.17, 15) is 15.3 Å². The van der Waals surface area contributed by atoms with Gasteiger partial charge in [0.25, 0.3) is 0 Å². The average molecular weight is 308 g/mol. The molecule has 22 heavy (non-hydrogen) atoms. The minimum Gasteiger partial charge on any atom is -0.393 e. The maximum absolute atomic E-state index is 10.9. The van der Waals surface area contributed by atoms with Crippen molar-refractivity contribution in [1.82, 2.24) is 0 Å². The van der Waals surface area contributed by atoms with Crippen LogP contribution in [0.2, 0.25) is 0 Å². The van der Waals surface area contributed by atoms with Gasteiger partial charge in [0.15, 0.2) is 0 Å². The van der Waals surface area contributed by atoms with Gasteiger partial charge in [-0.2, -0.15) is 0 Å². The lowest BCUT2D eigenvalue weighted by Crippen LogP contribution is -2.58. The van der Waals surface area contributed by atoms with E-state index < -0.39 is 0 Å². The highest BCUT2D eigenvalue weighted by Gasteiger charge is 2.62. The molecule has 3 N–H and O–H groups in total. The first-order chi connectivity index (χ1) is 10.4. The van der Waals surface area contributed by atoms with Gasteiger partial charge in [-0.05, 0) is 85.9 Å². The second-order valence-corrected chi connectivity index (χ2v) is 9.36. The van der Waals surface area contributed by atoms with Gasteiger partial charge in [-0.25, -0.2) is 0 Å². The third kappa shape index (κ3) is 1.91. The summed E-state index contributed by atoms with van der Waals surface area (Å²) in [5.74, 6) is 1.91. The van der Waals surface area contributed by atoms with Crippen molar-refractivity contribution in [2.24, 2.45) is 34.5 Å². The van der Waals surface area contributed by atoms with Crippen molar-refractivity contribution in [3.8, 4) is 0 Å². The zero-order chi connectivity index (χ0) is 15.7. The van der Waals surface area contributed by atoms with Crippen LogP contribution in [0.3, 0.4) is 0 Å². The number of aliphatic hydroxyl groups excluding tert-OH is 3. The molecular weight excluding hydrogens is 276 g/mol. The monoisotopic (exact) mass is 308 g/mol. The van der Waals surface area contributed by atoms with Crippen molar-refractivity contribution >= 4 is 0 Å². The number of hydrogen-bond donors (Lipinski definition) is 3. The Morgan fingerprint density at radius 1 is 0.773 bits per heavy atom. The largest absolute Gasteiger partial charge is 0.393 e. The Morgan fingerprint density at radius 2 is 1.45 bits per heavy atom. The number of hydrogen-bond acceptors (Lipinski definition) is 3. The van der Waals surface area contributed by atoms with Crippen LogP contribution in [0.25, 0.3) is 0 Å². The van der Waals surface area contributed by atoms with Crippen LogP contribution in [0.15, 0.2) is 0 Å². The van der Waals surface area contributed by atoms with Crippen molar-refractivity contribution in [2.45, 2.75) is 83.5 Å². The van der Waals surface area contributed by atoms with Gasteiger partial charge in [-0.15, -0.1) is 0 Å². The fraction of sp³-hybridized carbons (Fsp3) is 1.00. The number of rotatable bonds is 0. The van der Waals surface area contributed by atoms with Crippen LogP contribution in [-0.4, -0.2) is 33.6 Å². The van der Waals surface area contributed by atoms with Crippen LogP contribution >= 0.6 is 0 Å². The van der Waals surface area contributed by atoms with E-state index in [0.717, 1.165) is 51.4 Å². The Bertz CT molecular complexity index is 452. The van der Waals surface area contributed by atoms with Gasteiger partial charge in [-0.3, -0.25) is 0 Å². The third-order valence-electron chi connectivity index (χ3n) is 8.61. The lowest BCUT2D eigenvalue weighted by molar-refractivity contribution is -0.176. The molecular formula is C19H32O3. The molecule has 0 spiro atoms. The van der Waals surface area contributed by atoms with Crippen LogP contribution in [-0.2, 0) is 0 Å². The first-order valence-corrected chi connectivity index (χ1v) is 9.40. The van der Waals surface area contributed by atoms with Crippen molar-refractivity contribution in [1.29, 1.82) is 0 Å². The Balaban J connectivity index is 1.67. The smallest absolute Gasteiger partial charge is 0.0596 e. The molecule has 0 heterocycles. The Hall–Kier alpha value is -0.120. The molecule has 3 heteroatoms. The summed E-state index contributed by atoms with van der Waals surface area (Å²) in [7, 11) is 0. The summed E-state index contributed by atoms with van der Waals surface area (Å²) >= 11 is 0. The molecule has 0 aliphatic heterocycles. The van der Waals surface area contributed by atoms with Crippen molar-refractivity contribution in [3.63, 3.8) is 0 Å². The summed E-state index contributed by atoms with van der Waals surface area (Å²) in [6.07, 6.45) is 7.45. The summed E-state index contributed by atoms with van der Waals surface area (Å²) in [4.78, 5) is 0. The van der Waals surface area contributed by atoms with Crippen LogP contribution in [0, 0.1) is 34.5 Å². The van der Waals surface area contributed by atoms with Crippen molar-refractivity contribution < 1.29 is 15.3 Å². The standard InChI is InChI=1S/C19H32O3/c1-18-7-5-12(20)9-11(18)10-15(21)17-13-3-4-16(22)19(13,2)8-6-14(17)18/h11-17,20-22H,3-10H2,1-2H3/t11-,12-,13+,14+,15-,16+,17+,18+,19+/m1/s1. The van der Waals surface area contributed by atoms with Gasteiger partial charge < -0.3 is 15.3 Å². The zero-order valence-electron chi connectivity index (χ0n) is 14.0. The Morgan fingerprint density at radius 3 is 2.23 bits per heavy atom. The van der Waals surface area contributed by atoms with Gasteiger partial charge >= 0.3 is 0 Å². The van der Waals surface area contributed by atoms with E-state index in [-0.39, 0.29) is 29.1 Å². The average Bonchev–Trinajstić information content (AvgIpc) is 2.77. The fourth-order valence-electron chi connectivity index (χ4n) is 7.17. The van der Waals surface area contributed by atoms with E-state index >= 15 is 0 Å². The molecule has 0 radical (unpaired) electrons. The fourth-order valence-corrected chi connectivity index (χ4v) is 7.17. The van der Waals surface area contributed by atoms with Crippen LogP contribution in [0.5, 0.6) is 0 Å². The highest BCUT2D eigenvalue weighted by atomic mass is 16.3. The molecule has 4 rings (SSSR count). The molecule has 4 aliphatic rings. The molecule has 0 aromatic carbocycles. The minimum atomic E-state index is -0.233. The normalized spacial score (nSPS) is 61.2. The van der Waals surface area contributed by atoms with E-state index in [0.29, 0.717) is 23.7 Å². The second-order valence-electron chi connectivity index (χ2n) is 9.36. The first-order valence-electron chi connectivity index (χ1n) is 9.40. The molecule has 9 atom stereocenters. The zero-order valence-corrected chi connectivity index (χ0v) is 14.0. The predicted octanol–water partition coefficient (Wildman–Crippen LogP) is 2.72. The molecule has 4 aliphatic carbocycles.